The minimum atomic E-state index is -4.74. The molecule has 3 N–H and O–H groups in total. The molecule has 0 aliphatic carbocycles. The molecule has 0 aliphatic heterocycles. The second kappa shape index (κ2) is 7.43. The maximum absolute atomic E-state index is 12.1. The summed E-state index contributed by atoms with van der Waals surface area (Å²) in [5.74, 6) is 0.155. The number of nitrogens with two attached hydrogens (primary N) is 1. The van der Waals surface area contributed by atoms with Gasteiger partial charge < -0.3 is 20.3 Å². The van der Waals surface area contributed by atoms with E-state index < -0.39 is 12.4 Å². The summed E-state index contributed by atoms with van der Waals surface area (Å²) in [4.78, 5) is 0. The molecule has 0 saturated carbocycles. The molecule has 0 saturated heterocycles. The number of ether oxygens (including phenoxy) is 2. The lowest BCUT2D eigenvalue weighted by atomic mass is 9.98. The summed E-state index contributed by atoms with van der Waals surface area (Å²) in [5, 5.41) is 9.86. The third kappa shape index (κ3) is 4.94. The lowest BCUT2D eigenvalue weighted by Gasteiger charge is -2.16. The van der Waals surface area contributed by atoms with Gasteiger partial charge in [0.1, 0.15) is 17.2 Å². The molecule has 0 aliphatic rings. The first-order valence-electron chi connectivity index (χ1n) is 6.28. The summed E-state index contributed by atoms with van der Waals surface area (Å²) in [7, 11) is 1.48. The highest BCUT2D eigenvalue weighted by molar-refractivity contribution is 5.85. The normalized spacial score (nSPS) is 12.2. The first-order chi connectivity index (χ1) is 10.3. The molecule has 23 heavy (non-hydrogen) atoms. The summed E-state index contributed by atoms with van der Waals surface area (Å²) in [6.45, 7) is 0. The molecule has 0 fully saturated rings. The van der Waals surface area contributed by atoms with E-state index in [0.717, 1.165) is 0 Å². The van der Waals surface area contributed by atoms with Crippen LogP contribution in [0.2, 0.25) is 0 Å². The smallest absolute Gasteiger partial charge is 0.508 e. The fourth-order valence-corrected chi connectivity index (χ4v) is 1.97. The van der Waals surface area contributed by atoms with Crippen LogP contribution in [0.4, 0.5) is 13.2 Å². The Labute approximate surface area is 137 Å². The maximum Gasteiger partial charge on any atom is 0.573 e. The van der Waals surface area contributed by atoms with Crippen molar-refractivity contribution >= 4 is 12.4 Å². The van der Waals surface area contributed by atoms with Crippen LogP contribution in [0.15, 0.2) is 42.5 Å². The van der Waals surface area contributed by atoms with Gasteiger partial charge in [-0.05, 0) is 35.9 Å². The van der Waals surface area contributed by atoms with Crippen LogP contribution >= 0.6 is 12.4 Å². The Kier molecular flexibility index (Phi) is 6.12. The number of rotatable bonds is 4. The van der Waals surface area contributed by atoms with Crippen molar-refractivity contribution in [3.05, 3.63) is 53.6 Å². The van der Waals surface area contributed by atoms with Gasteiger partial charge in [-0.3, -0.25) is 0 Å². The van der Waals surface area contributed by atoms with Crippen LogP contribution in [0.25, 0.3) is 0 Å². The number of halogens is 4. The minimum Gasteiger partial charge on any atom is -0.508 e. The Bertz CT molecular complexity index is 647. The Morgan fingerprint density at radius 3 is 2.13 bits per heavy atom. The average Bonchev–Trinajstić information content (AvgIpc) is 2.46. The number of hydrogen-bond acceptors (Lipinski definition) is 4. The van der Waals surface area contributed by atoms with E-state index in [-0.39, 0.29) is 23.9 Å². The second-order valence-corrected chi connectivity index (χ2v) is 4.52. The van der Waals surface area contributed by atoms with Gasteiger partial charge in [-0.15, -0.1) is 25.6 Å². The predicted molar refractivity (Wildman–Crippen MR) is 81.1 cm³/mol. The predicted octanol–water partition coefficient (Wildman–Crippen LogP) is 3.77. The molecule has 0 unspecified atom stereocenters. The molecule has 0 heterocycles. The van der Waals surface area contributed by atoms with Crippen LogP contribution in [-0.2, 0) is 0 Å². The van der Waals surface area contributed by atoms with Gasteiger partial charge in [0.05, 0.1) is 13.2 Å². The van der Waals surface area contributed by atoms with E-state index in [9.17, 15) is 18.3 Å². The molecule has 4 nitrogen and oxygen atoms in total. The van der Waals surface area contributed by atoms with E-state index in [4.69, 9.17) is 10.5 Å². The van der Waals surface area contributed by atoms with Crippen LogP contribution in [0.1, 0.15) is 17.2 Å². The quantitative estimate of drug-likeness (QED) is 0.882. The zero-order valence-electron chi connectivity index (χ0n) is 12.0. The fourth-order valence-electron chi connectivity index (χ4n) is 1.97. The third-order valence-electron chi connectivity index (χ3n) is 3.04. The molecular formula is C15H15ClF3NO3. The lowest BCUT2D eigenvalue weighted by molar-refractivity contribution is -0.274. The van der Waals surface area contributed by atoms with Crippen LogP contribution in [-0.4, -0.2) is 18.6 Å². The number of alkyl halides is 3. The first kappa shape index (κ1) is 18.9. The molecule has 8 heteroatoms. The zero-order valence-corrected chi connectivity index (χ0v) is 12.8. The first-order valence-corrected chi connectivity index (χ1v) is 6.28. The Morgan fingerprint density at radius 2 is 1.61 bits per heavy atom. The van der Waals surface area contributed by atoms with Crippen molar-refractivity contribution in [1.29, 1.82) is 0 Å². The van der Waals surface area contributed by atoms with Crippen molar-refractivity contribution in [2.45, 2.75) is 12.4 Å². The number of aromatic hydroxyl groups is 1. The summed E-state index contributed by atoms with van der Waals surface area (Å²) < 4.78 is 45.2. The van der Waals surface area contributed by atoms with Gasteiger partial charge in [0.25, 0.3) is 0 Å². The number of phenolic OH excluding ortho intramolecular Hbond substituents is 1. The number of phenols is 1. The molecule has 2 aromatic carbocycles. The van der Waals surface area contributed by atoms with Gasteiger partial charge in [0.2, 0.25) is 0 Å². The average molecular weight is 350 g/mol. The van der Waals surface area contributed by atoms with E-state index >= 15 is 0 Å². The van der Waals surface area contributed by atoms with Crippen molar-refractivity contribution in [2.75, 3.05) is 7.11 Å². The third-order valence-corrected chi connectivity index (χ3v) is 3.04. The van der Waals surface area contributed by atoms with Gasteiger partial charge in [0, 0.05) is 5.56 Å². The van der Waals surface area contributed by atoms with Gasteiger partial charge in [0.15, 0.2) is 0 Å². The second-order valence-electron chi connectivity index (χ2n) is 4.52. The molecule has 0 bridgehead atoms. The molecular weight excluding hydrogens is 335 g/mol. The minimum absolute atomic E-state index is 0. The van der Waals surface area contributed by atoms with Crippen molar-refractivity contribution in [3.63, 3.8) is 0 Å². The van der Waals surface area contributed by atoms with Gasteiger partial charge >= 0.3 is 6.36 Å². The van der Waals surface area contributed by atoms with E-state index in [0.29, 0.717) is 16.9 Å². The fraction of sp³-hybridized carbons (Fsp3) is 0.200. The van der Waals surface area contributed by atoms with Crippen molar-refractivity contribution in [3.8, 4) is 17.2 Å². The summed E-state index contributed by atoms with van der Waals surface area (Å²) >= 11 is 0. The van der Waals surface area contributed by atoms with Gasteiger partial charge in [-0.1, -0.05) is 12.1 Å². The van der Waals surface area contributed by atoms with Gasteiger partial charge in [-0.25, -0.2) is 0 Å². The Balaban J connectivity index is 0.00000264. The highest BCUT2D eigenvalue weighted by Gasteiger charge is 2.31. The lowest BCUT2D eigenvalue weighted by Crippen LogP contribution is -2.17. The topological polar surface area (TPSA) is 64.7 Å². The zero-order chi connectivity index (χ0) is 16.3. The summed E-state index contributed by atoms with van der Waals surface area (Å²) in [6, 6.07) is 9.02. The molecule has 126 valence electrons. The maximum atomic E-state index is 12.1. The largest absolute Gasteiger partial charge is 0.573 e. The molecule has 0 aromatic heterocycles. The van der Waals surface area contributed by atoms with Crippen LogP contribution < -0.4 is 15.2 Å². The van der Waals surface area contributed by atoms with Crippen LogP contribution in [0, 0.1) is 0 Å². The van der Waals surface area contributed by atoms with Crippen molar-refractivity contribution in [1.82, 2.24) is 0 Å². The van der Waals surface area contributed by atoms with Crippen molar-refractivity contribution in [2.24, 2.45) is 5.73 Å². The van der Waals surface area contributed by atoms with E-state index in [1.54, 1.807) is 12.1 Å². The Hall–Kier alpha value is -2.12. The number of hydrogen-bond donors (Lipinski definition) is 2. The SMILES string of the molecule is COc1ccc(O)c([C@@H](N)c2ccc(OC(F)(F)F)cc2)c1.Cl. The number of methoxy groups -OCH3 is 1. The highest BCUT2D eigenvalue weighted by atomic mass is 35.5. The van der Waals surface area contributed by atoms with Gasteiger partial charge in [-0.2, -0.15) is 0 Å². The number of benzene rings is 2. The Morgan fingerprint density at radius 1 is 1.04 bits per heavy atom. The van der Waals surface area contributed by atoms with E-state index in [2.05, 4.69) is 4.74 Å². The van der Waals surface area contributed by atoms with Crippen LogP contribution in [0.5, 0.6) is 17.2 Å². The molecule has 1 atom stereocenters. The molecule has 0 amide bonds. The molecule has 2 aromatic rings. The molecule has 0 spiro atoms. The monoisotopic (exact) mass is 349 g/mol. The van der Waals surface area contributed by atoms with Crippen LogP contribution in [0.3, 0.4) is 0 Å². The molecule has 2 rings (SSSR count). The molecule has 0 radical (unpaired) electrons. The van der Waals surface area contributed by atoms with E-state index in [1.807, 2.05) is 0 Å². The summed E-state index contributed by atoms with van der Waals surface area (Å²) in [6.07, 6.45) is -4.74. The van der Waals surface area contributed by atoms with E-state index in [1.165, 1.54) is 37.4 Å². The van der Waals surface area contributed by atoms with Crippen molar-refractivity contribution < 1.29 is 27.8 Å². The summed E-state index contributed by atoms with van der Waals surface area (Å²) in [5.41, 5.74) is 6.97. The standard InChI is InChI=1S/C15H14F3NO3.ClH/c1-21-11-6-7-13(20)12(8-11)14(19)9-2-4-10(5-3-9)22-15(16,17)18;/h2-8,14,20H,19H2,1H3;1H/t14-;/m0./s1. The highest BCUT2D eigenvalue weighted by Crippen LogP contribution is 2.32.